The van der Waals surface area contributed by atoms with Crippen LogP contribution >= 0.6 is 0 Å². The number of aromatic nitrogens is 2. The quantitative estimate of drug-likeness (QED) is 0.851. The van der Waals surface area contributed by atoms with Gasteiger partial charge in [0, 0.05) is 25.0 Å². The molecule has 1 aromatic heterocycles. The van der Waals surface area contributed by atoms with E-state index in [0.717, 1.165) is 17.9 Å². The van der Waals surface area contributed by atoms with Crippen LogP contribution in [0.1, 0.15) is 24.2 Å². The molecule has 1 aromatic carbocycles. The van der Waals surface area contributed by atoms with E-state index in [0.29, 0.717) is 24.9 Å². The van der Waals surface area contributed by atoms with Crippen LogP contribution in [0.15, 0.2) is 30.6 Å². The summed E-state index contributed by atoms with van der Waals surface area (Å²) in [5.74, 6) is 0.941. The van der Waals surface area contributed by atoms with Crippen LogP contribution in [0.5, 0.6) is 5.75 Å². The van der Waals surface area contributed by atoms with Crippen molar-refractivity contribution in [3.8, 4) is 5.75 Å². The second-order valence-electron chi connectivity index (χ2n) is 5.44. The van der Waals surface area contributed by atoms with Gasteiger partial charge in [-0.1, -0.05) is 6.07 Å². The summed E-state index contributed by atoms with van der Waals surface area (Å²) in [6, 6.07) is 5.80. The lowest BCUT2D eigenvalue weighted by Gasteiger charge is -2.10. The first kappa shape index (κ1) is 14.1. The zero-order valence-corrected chi connectivity index (χ0v) is 12.2. The van der Waals surface area contributed by atoms with Crippen molar-refractivity contribution in [1.82, 2.24) is 14.9 Å². The van der Waals surface area contributed by atoms with E-state index in [9.17, 15) is 4.39 Å². The standard InChI is InChI=1S/C16H20FN3O/c1-12-18-6-7-20(12)8-9-21-16-5-2-13(10-15(16)17)11-19-14-3-4-14/h2,5-7,10,14,19H,3-4,8-9,11H2,1H3. The Kier molecular flexibility index (Phi) is 4.20. The minimum atomic E-state index is -0.299. The van der Waals surface area contributed by atoms with Crippen molar-refractivity contribution in [2.24, 2.45) is 0 Å². The SMILES string of the molecule is Cc1nccn1CCOc1ccc(CNC2CC2)cc1F. The summed E-state index contributed by atoms with van der Waals surface area (Å²) in [5, 5.41) is 3.37. The van der Waals surface area contributed by atoms with Crippen LogP contribution in [0.25, 0.3) is 0 Å². The lowest BCUT2D eigenvalue weighted by atomic mass is 10.2. The number of hydrogen-bond donors (Lipinski definition) is 1. The maximum Gasteiger partial charge on any atom is 0.165 e. The Bertz CT molecular complexity index is 607. The molecule has 0 bridgehead atoms. The topological polar surface area (TPSA) is 39.1 Å². The molecule has 0 amide bonds. The predicted molar refractivity (Wildman–Crippen MR) is 78.7 cm³/mol. The van der Waals surface area contributed by atoms with E-state index in [1.54, 1.807) is 18.3 Å². The first-order chi connectivity index (χ1) is 10.2. The molecular formula is C16H20FN3O. The van der Waals surface area contributed by atoms with E-state index in [2.05, 4.69) is 10.3 Å². The van der Waals surface area contributed by atoms with Crippen molar-refractivity contribution in [2.75, 3.05) is 6.61 Å². The number of nitrogens with one attached hydrogen (secondary N) is 1. The fourth-order valence-electron chi connectivity index (χ4n) is 2.21. The number of halogens is 1. The highest BCUT2D eigenvalue weighted by atomic mass is 19.1. The molecule has 4 nitrogen and oxygen atoms in total. The maximum absolute atomic E-state index is 14.0. The van der Waals surface area contributed by atoms with E-state index >= 15 is 0 Å². The molecule has 1 N–H and O–H groups in total. The molecule has 21 heavy (non-hydrogen) atoms. The van der Waals surface area contributed by atoms with Gasteiger partial charge in [0.25, 0.3) is 0 Å². The highest BCUT2D eigenvalue weighted by Gasteiger charge is 2.20. The average molecular weight is 289 g/mol. The van der Waals surface area contributed by atoms with Gasteiger partial charge in [-0.05, 0) is 37.5 Å². The Morgan fingerprint density at radius 1 is 1.43 bits per heavy atom. The molecule has 1 aliphatic carbocycles. The van der Waals surface area contributed by atoms with Gasteiger partial charge in [0.15, 0.2) is 11.6 Å². The number of benzene rings is 1. The molecule has 5 heteroatoms. The molecule has 0 saturated heterocycles. The highest BCUT2D eigenvalue weighted by molar-refractivity contribution is 5.29. The van der Waals surface area contributed by atoms with Gasteiger partial charge < -0.3 is 14.6 Å². The average Bonchev–Trinajstić information content (AvgIpc) is 3.22. The number of rotatable bonds is 7. The second-order valence-corrected chi connectivity index (χ2v) is 5.44. The number of imidazole rings is 1. The zero-order chi connectivity index (χ0) is 14.7. The van der Waals surface area contributed by atoms with E-state index < -0.39 is 0 Å². The summed E-state index contributed by atoms with van der Waals surface area (Å²) in [6.07, 6.45) is 6.11. The molecule has 0 aliphatic heterocycles. The number of nitrogens with zero attached hydrogens (tertiary/aromatic N) is 2. The summed E-state index contributed by atoms with van der Waals surface area (Å²) in [6.45, 7) is 3.74. The second kappa shape index (κ2) is 6.26. The van der Waals surface area contributed by atoms with Crippen LogP contribution in [0.2, 0.25) is 0 Å². The summed E-state index contributed by atoms with van der Waals surface area (Å²) in [5.41, 5.74) is 0.956. The minimum absolute atomic E-state index is 0.299. The van der Waals surface area contributed by atoms with Crippen molar-refractivity contribution in [3.63, 3.8) is 0 Å². The molecule has 0 spiro atoms. The van der Waals surface area contributed by atoms with Gasteiger partial charge in [0.05, 0.1) is 6.54 Å². The van der Waals surface area contributed by atoms with Crippen molar-refractivity contribution < 1.29 is 9.13 Å². The largest absolute Gasteiger partial charge is 0.489 e. The summed E-state index contributed by atoms with van der Waals surface area (Å²) in [4.78, 5) is 4.14. The molecule has 0 atom stereocenters. The summed E-state index contributed by atoms with van der Waals surface area (Å²) >= 11 is 0. The van der Waals surface area contributed by atoms with E-state index in [4.69, 9.17) is 4.74 Å². The normalized spacial score (nSPS) is 14.4. The fraction of sp³-hybridized carbons (Fsp3) is 0.438. The third kappa shape index (κ3) is 3.82. The lowest BCUT2D eigenvalue weighted by Crippen LogP contribution is -2.15. The van der Waals surface area contributed by atoms with Crippen LogP contribution in [-0.2, 0) is 13.1 Å². The molecule has 0 radical (unpaired) electrons. The van der Waals surface area contributed by atoms with E-state index in [1.807, 2.05) is 23.8 Å². The van der Waals surface area contributed by atoms with Gasteiger partial charge in [-0.2, -0.15) is 0 Å². The minimum Gasteiger partial charge on any atom is -0.489 e. The van der Waals surface area contributed by atoms with Gasteiger partial charge in [0.1, 0.15) is 12.4 Å². The zero-order valence-electron chi connectivity index (χ0n) is 12.2. The molecule has 3 rings (SSSR count). The number of hydrogen-bond acceptors (Lipinski definition) is 3. The molecule has 1 saturated carbocycles. The van der Waals surface area contributed by atoms with Crippen LogP contribution in [-0.4, -0.2) is 22.2 Å². The summed E-state index contributed by atoms with van der Waals surface area (Å²) in [7, 11) is 0. The van der Waals surface area contributed by atoms with E-state index in [1.165, 1.54) is 12.8 Å². The van der Waals surface area contributed by atoms with Crippen LogP contribution in [0, 0.1) is 12.7 Å². The van der Waals surface area contributed by atoms with Gasteiger partial charge in [-0.15, -0.1) is 0 Å². The van der Waals surface area contributed by atoms with Crippen LogP contribution in [0.3, 0.4) is 0 Å². The molecule has 112 valence electrons. The molecule has 0 unspecified atom stereocenters. The van der Waals surface area contributed by atoms with Crippen molar-refractivity contribution in [3.05, 3.63) is 47.8 Å². The number of ether oxygens (including phenoxy) is 1. The summed E-state index contributed by atoms with van der Waals surface area (Å²) < 4.78 is 21.5. The molecule has 2 aromatic rings. The van der Waals surface area contributed by atoms with Gasteiger partial charge in [-0.25, -0.2) is 9.37 Å². The Morgan fingerprint density at radius 3 is 2.95 bits per heavy atom. The fourth-order valence-corrected chi connectivity index (χ4v) is 2.21. The Morgan fingerprint density at radius 2 is 2.29 bits per heavy atom. The Hall–Kier alpha value is -1.88. The van der Waals surface area contributed by atoms with Gasteiger partial charge >= 0.3 is 0 Å². The smallest absolute Gasteiger partial charge is 0.165 e. The third-order valence-corrected chi connectivity index (χ3v) is 3.68. The Balaban J connectivity index is 1.51. The van der Waals surface area contributed by atoms with Crippen molar-refractivity contribution in [1.29, 1.82) is 0 Å². The predicted octanol–water partition coefficient (Wildman–Crippen LogP) is 2.66. The Labute approximate surface area is 124 Å². The first-order valence-electron chi connectivity index (χ1n) is 7.35. The highest BCUT2D eigenvalue weighted by Crippen LogP contribution is 2.21. The molecule has 1 aliphatic rings. The van der Waals surface area contributed by atoms with E-state index in [-0.39, 0.29) is 5.82 Å². The number of aryl methyl sites for hydroxylation is 1. The van der Waals surface area contributed by atoms with Crippen molar-refractivity contribution in [2.45, 2.75) is 38.9 Å². The van der Waals surface area contributed by atoms with Gasteiger partial charge in [-0.3, -0.25) is 0 Å². The van der Waals surface area contributed by atoms with Crippen molar-refractivity contribution >= 4 is 0 Å². The molecular weight excluding hydrogens is 269 g/mol. The molecule has 1 heterocycles. The monoisotopic (exact) mass is 289 g/mol. The van der Waals surface area contributed by atoms with Crippen LogP contribution < -0.4 is 10.1 Å². The van der Waals surface area contributed by atoms with Crippen LogP contribution in [0.4, 0.5) is 4.39 Å². The lowest BCUT2D eigenvalue weighted by molar-refractivity contribution is 0.283. The first-order valence-corrected chi connectivity index (χ1v) is 7.35. The third-order valence-electron chi connectivity index (χ3n) is 3.68. The maximum atomic E-state index is 14.0. The van der Waals surface area contributed by atoms with Gasteiger partial charge in [0.2, 0.25) is 0 Å². The molecule has 1 fully saturated rings.